The van der Waals surface area contributed by atoms with Crippen molar-refractivity contribution in [3.8, 4) is 0 Å². The van der Waals surface area contributed by atoms with Gasteiger partial charge < -0.3 is 15.4 Å². The van der Waals surface area contributed by atoms with Gasteiger partial charge >= 0.3 is 5.97 Å². The molecule has 0 atom stereocenters. The van der Waals surface area contributed by atoms with Crippen LogP contribution in [0.25, 0.3) is 0 Å². The zero-order valence-corrected chi connectivity index (χ0v) is 11.2. The molecule has 1 aliphatic carbocycles. The lowest BCUT2D eigenvalue weighted by atomic mass is 10.1. The smallest absolute Gasteiger partial charge is 0.320 e. The minimum Gasteiger partial charge on any atom is -0.460 e. The molecule has 0 saturated carbocycles. The highest BCUT2D eigenvalue weighted by Crippen LogP contribution is 2.09. The zero-order valence-electron chi connectivity index (χ0n) is 11.2. The molecular weight excluding hydrogens is 228 g/mol. The normalized spacial score (nSPS) is 14.4. The minimum absolute atomic E-state index is 0.182. The van der Waals surface area contributed by atoms with Crippen LogP contribution in [0.3, 0.4) is 0 Å². The third-order valence-electron chi connectivity index (χ3n) is 2.70. The van der Waals surface area contributed by atoms with E-state index >= 15 is 0 Å². The van der Waals surface area contributed by atoms with E-state index < -0.39 is 0 Å². The summed E-state index contributed by atoms with van der Waals surface area (Å²) in [6.45, 7) is 5.59. The Morgan fingerprint density at radius 3 is 2.89 bits per heavy atom. The molecule has 0 heterocycles. The van der Waals surface area contributed by atoms with Crippen molar-refractivity contribution in [1.29, 1.82) is 0 Å². The lowest BCUT2D eigenvalue weighted by Crippen LogP contribution is -2.28. The second kappa shape index (κ2) is 9.85. The fourth-order valence-corrected chi connectivity index (χ4v) is 1.70. The van der Waals surface area contributed by atoms with Crippen molar-refractivity contribution >= 4 is 5.97 Å². The second-order valence-electron chi connectivity index (χ2n) is 4.30. The first-order chi connectivity index (χ1) is 8.83. The summed E-state index contributed by atoms with van der Waals surface area (Å²) in [4.78, 5) is 11.4. The number of ether oxygens (including phenoxy) is 1. The van der Waals surface area contributed by atoms with Gasteiger partial charge in [0.15, 0.2) is 0 Å². The summed E-state index contributed by atoms with van der Waals surface area (Å²) in [6, 6.07) is 0. The van der Waals surface area contributed by atoms with Crippen LogP contribution in [0.1, 0.15) is 26.2 Å². The lowest BCUT2D eigenvalue weighted by molar-refractivity contribution is -0.141. The average Bonchev–Trinajstić information content (AvgIpc) is 2.41. The second-order valence-corrected chi connectivity index (χ2v) is 4.30. The van der Waals surface area contributed by atoms with Crippen LogP contribution in [0.15, 0.2) is 23.8 Å². The molecule has 4 nitrogen and oxygen atoms in total. The van der Waals surface area contributed by atoms with E-state index in [0.29, 0.717) is 13.2 Å². The Kier molecular flexibility index (Phi) is 8.17. The van der Waals surface area contributed by atoms with E-state index in [1.54, 1.807) is 0 Å². The number of nitrogens with one attached hydrogen (secondary N) is 2. The van der Waals surface area contributed by atoms with E-state index in [1.165, 1.54) is 0 Å². The molecule has 1 aliphatic rings. The highest BCUT2D eigenvalue weighted by Gasteiger charge is 2.04. The van der Waals surface area contributed by atoms with Gasteiger partial charge in [0.25, 0.3) is 0 Å². The molecule has 0 bridgehead atoms. The molecule has 0 aromatic heterocycles. The summed E-state index contributed by atoms with van der Waals surface area (Å²) < 4.78 is 5.17. The number of hydrogen-bond acceptors (Lipinski definition) is 4. The lowest BCUT2D eigenvalue weighted by Gasteiger charge is -2.09. The molecule has 102 valence electrons. The SMILES string of the molecule is CCNCCCNCC(=O)OCC1=CCCC=C1. The molecule has 0 radical (unpaired) electrons. The van der Waals surface area contributed by atoms with Gasteiger partial charge in [-0.1, -0.05) is 25.2 Å². The van der Waals surface area contributed by atoms with Crippen LogP contribution >= 0.6 is 0 Å². The third kappa shape index (κ3) is 7.25. The standard InChI is InChI=1S/C14H24N2O2/c1-2-15-9-6-10-16-11-14(17)18-12-13-7-4-3-5-8-13/h4,7-8,15-16H,2-3,5-6,9-12H2,1H3. The van der Waals surface area contributed by atoms with Crippen molar-refractivity contribution in [2.75, 3.05) is 32.8 Å². The Morgan fingerprint density at radius 2 is 2.17 bits per heavy atom. The predicted molar refractivity (Wildman–Crippen MR) is 73.4 cm³/mol. The van der Waals surface area contributed by atoms with E-state index in [9.17, 15) is 4.79 Å². The number of carbonyl (C=O) groups excluding carboxylic acids is 1. The third-order valence-corrected chi connectivity index (χ3v) is 2.70. The van der Waals surface area contributed by atoms with Crippen LogP contribution in [-0.2, 0) is 9.53 Å². The number of hydrogen-bond donors (Lipinski definition) is 2. The first-order valence-corrected chi connectivity index (χ1v) is 6.75. The van der Waals surface area contributed by atoms with E-state index in [2.05, 4.69) is 29.7 Å². The predicted octanol–water partition coefficient (Wildman–Crippen LogP) is 1.40. The average molecular weight is 252 g/mol. The van der Waals surface area contributed by atoms with Gasteiger partial charge in [0.2, 0.25) is 0 Å². The molecule has 0 saturated heterocycles. The molecule has 1 rings (SSSR count). The Morgan fingerprint density at radius 1 is 1.33 bits per heavy atom. The van der Waals surface area contributed by atoms with Gasteiger partial charge in [-0.3, -0.25) is 4.79 Å². The highest BCUT2D eigenvalue weighted by atomic mass is 16.5. The molecular formula is C14H24N2O2. The number of carbonyl (C=O) groups is 1. The van der Waals surface area contributed by atoms with Gasteiger partial charge in [0.1, 0.15) is 6.61 Å². The van der Waals surface area contributed by atoms with E-state index in [1.807, 2.05) is 6.08 Å². The van der Waals surface area contributed by atoms with Crippen molar-refractivity contribution in [3.05, 3.63) is 23.8 Å². The van der Waals surface area contributed by atoms with Crippen LogP contribution in [-0.4, -0.2) is 38.8 Å². The van der Waals surface area contributed by atoms with Crippen molar-refractivity contribution in [3.63, 3.8) is 0 Å². The summed E-state index contributed by atoms with van der Waals surface area (Å²) >= 11 is 0. The monoisotopic (exact) mass is 252 g/mol. The van der Waals surface area contributed by atoms with E-state index in [0.717, 1.165) is 44.5 Å². The molecule has 0 amide bonds. The van der Waals surface area contributed by atoms with Gasteiger partial charge in [0.05, 0.1) is 6.54 Å². The maximum absolute atomic E-state index is 11.4. The largest absolute Gasteiger partial charge is 0.460 e. The first kappa shape index (κ1) is 14.9. The van der Waals surface area contributed by atoms with Crippen molar-refractivity contribution < 1.29 is 9.53 Å². The van der Waals surface area contributed by atoms with Crippen molar-refractivity contribution in [1.82, 2.24) is 10.6 Å². The maximum atomic E-state index is 11.4. The van der Waals surface area contributed by atoms with Crippen molar-refractivity contribution in [2.45, 2.75) is 26.2 Å². The molecule has 0 spiro atoms. The van der Waals surface area contributed by atoms with Gasteiger partial charge in [-0.25, -0.2) is 0 Å². The van der Waals surface area contributed by atoms with Gasteiger partial charge in [-0.15, -0.1) is 0 Å². The number of esters is 1. The highest BCUT2D eigenvalue weighted by molar-refractivity contribution is 5.71. The quantitative estimate of drug-likeness (QED) is 0.481. The molecule has 0 aromatic carbocycles. The minimum atomic E-state index is -0.182. The first-order valence-electron chi connectivity index (χ1n) is 6.75. The van der Waals surface area contributed by atoms with Crippen LogP contribution in [0.4, 0.5) is 0 Å². The topological polar surface area (TPSA) is 50.4 Å². The van der Waals surface area contributed by atoms with Gasteiger partial charge in [-0.2, -0.15) is 0 Å². The Bertz CT molecular complexity index is 298. The van der Waals surface area contributed by atoms with Gasteiger partial charge in [-0.05, 0) is 44.5 Å². The molecule has 0 aromatic rings. The summed E-state index contributed by atoms with van der Waals surface area (Å²) in [7, 11) is 0. The van der Waals surface area contributed by atoms with E-state index in [4.69, 9.17) is 4.74 Å². The summed E-state index contributed by atoms with van der Waals surface area (Å²) in [5.41, 5.74) is 1.10. The molecule has 4 heteroatoms. The van der Waals surface area contributed by atoms with Crippen LogP contribution in [0.2, 0.25) is 0 Å². The summed E-state index contributed by atoms with van der Waals surface area (Å²) in [5.74, 6) is -0.182. The van der Waals surface area contributed by atoms with E-state index in [-0.39, 0.29) is 5.97 Å². The molecule has 0 aliphatic heterocycles. The zero-order chi connectivity index (χ0) is 13.1. The Hall–Kier alpha value is -1.13. The summed E-state index contributed by atoms with van der Waals surface area (Å²) in [6.07, 6.45) is 9.42. The molecule has 18 heavy (non-hydrogen) atoms. The maximum Gasteiger partial charge on any atom is 0.320 e. The molecule has 0 fully saturated rings. The summed E-state index contributed by atoms with van der Waals surface area (Å²) in [5, 5.41) is 6.31. The van der Waals surface area contributed by atoms with Crippen molar-refractivity contribution in [2.24, 2.45) is 0 Å². The Labute approximate surface area is 109 Å². The van der Waals surface area contributed by atoms with Gasteiger partial charge in [0, 0.05) is 0 Å². The molecule has 2 N–H and O–H groups in total. The van der Waals surface area contributed by atoms with Crippen LogP contribution in [0.5, 0.6) is 0 Å². The van der Waals surface area contributed by atoms with Crippen LogP contribution < -0.4 is 10.6 Å². The molecule has 0 unspecified atom stereocenters. The number of rotatable bonds is 9. The fourth-order valence-electron chi connectivity index (χ4n) is 1.70. The Balaban J connectivity index is 1.97. The number of allylic oxidation sites excluding steroid dienone is 2. The fraction of sp³-hybridized carbons (Fsp3) is 0.643. The van der Waals surface area contributed by atoms with Crippen LogP contribution in [0, 0.1) is 0 Å².